The minimum absolute atomic E-state index is 0.0752. The molecule has 5 heteroatoms. The van der Waals surface area contributed by atoms with E-state index in [4.69, 9.17) is 4.74 Å². The Morgan fingerprint density at radius 2 is 1.76 bits per heavy atom. The third kappa shape index (κ3) is 1.51. The second-order valence-corrected chi connectivity index (χ2v) is 5.87. The van der Waals surface area contributed by atoms with Crippen molar-refractivity contribution in [3.8, 4) is 11.5 Å². The zero-order valence-electron chi connectivity index (χ0n) is 11.5. The monoisotopic (exact) mass is 285 g/mol. The van der Waals surface area contributed by atoms with Crippen molar-refractivity contribution in [3.05, 3.63) is 30.4 Å². The standard InChI is InChI=1S/C16H15NO4/c1-21-12-5-4-10(7-11(12)18)17-15(19)13-8-2-3-9(6-8)14(13)16(17)20/h2-5,7-9,13-14,18H,6H2,1H3. The number of amides is 2. The third-order valence-corrected chi connectivity index (χ3v) is 4.89. The van der Waals surface area contributed by atoms with Crippen LogP contribution in [0.1, 0.15) is 6.42 Å². The minimum Gasteiger partial charge on any atom is -0.504 e. The number of rotatable bonds is 2. The lowest BCUT2D eigenvalue weighted by Gasteiger charge is -2.18. The Kier molecular flexibility index (Phi) is 2.43. The number of nitrogens with zero attached hydrogens (tertiary/aromatic N) is 1. The molecule has 4 unspecified atom stereocenters. The molecule has 2 aliphatic carbocycles. The molecule has 1 aliphatic heterocycles. The van der Waals surface area contributed by atoms with Gasteiger partial charge in [-0.3, -0.25) is 9.59 Å². The fraction of sp³-hybridized carbons (Fsp3) is 0.375. The molecule has 4 rings (SSSR count). The van der Waals surface area contributed by atoms with Gasteiger partial charge < -0.3 is 9.84 Å². The van der Waals surface area contributed by atoms with E-state index in [-0.39, 0.29) is 41.2 Å². The molecule has 108 valence electrons. The summed E-state index contributed by atoms with van der Waals surface area (Å²) in [6, 6.07) is 4.60. The lowest BCUT2D eigenvalue weighted by atomic mass is 9.85. The lowest BCUT2D eigenvalue weighted by molar-refractivity contribution is -0.123. The van der Waals surface area contributed by atoms with Gasteiger partial charge in [-0.25, -0.2) is 4.90 Å². The zero-order valence-corrected chi connectivity index (χ0v) is 11.5. The van der Waals surface area contributed by atoms with Crippen LogP contribution in [0.25, 0.3) is 0 Å². The molecule has 1 aromatic rings. The Morgan fingerprint density at radius 3 is 2.29 bits per heavy atom. The summed E-state index contributed by atoms with van der Waals surface area (Å²) >= 11 is 0. The summed E-state index contributed by atoms with van der Waals surface area (Å²) in [5.74, 6) is -0.124. The van der Waals surface area contributed by atoms with Gasteiger partial charge in [-0.05, 0) is 30.4 Å². The summed E-state index contributed by atoms with van der Waals surface area (Å²) < 4.78 is 4.99. The van der Waals surface area contributed by atoms with Gasteiger partial charge in [0, 0.05) is 6.07 Å². The van der Waals surface area contributed by atoms with Gasteiger partial charge in [0.1, 0.15) is 0 Å². The molecule has 5 nitrogen and oxygen atoms in total. The van der Waals surface area contributed by atoms with E-state index in [0.29, 0.717) is 11.4 Å². The number of benzene rings is 1. The highest BCUT2D eigenvalue weighted by atomic mass is 16.5. The third-order valence-electron chi connectivity index (χ3n) is 4.89. The molecule has 21 heavy (non-hydrogen) atoms. The van der Waals surface area contributed by atoms with E-state index < -0.39 is 0 Å². The molecule has 1 aromatic carbocycles. The van der Waals surface area contributed by atoms with E-state index in [1.54, 1.807) is 12.1 Å². The van der Waals surface area contributed by atoms with Crippen LogP contribution < -0.4 is 9.64 Å². The van der Waals surface area contributed by atoms with E-state index in [1.807, 2.05) is 0 Å². The SMILES string of the molecule is COc1ccc(N2C(=O)C3C4C=CC(C4)C3C2=O)cc1O. The van der Waals surface area contributed by atoms with Crippen molar-refractivity contribution in [3.63, 3.8) is 0 Å². The molecule has 0 aromatic heterocycles. The summed E-state index contributed by atoms with van der Waals surface area (Å²) in [6.45, 7) is 0. The topological polar surface area (TPSA) is 66.8 Å². The van der Waals surface area contributed by atoms with Crippen molar-refractivity contribution in [2.24, 2.45) is 23.7 Å². The van der Waals surface area contributed by atoms with Crippen LogP contribution in [0.15, 0.2) is 30.4 Å². The number of allylic oxidation sites excluding steroid dienone is 2. The number of hydrogen-bond donors (Lipinski definition) is 1. The number of carbonyl (C=O) groups excluding carboxylic acids is 2. The molecule has 3 aliphatic rings. The van der Waals surface area contributed by atoms with E-state index in [2.05, 4.69) is 12.2 Å². The summed E-state index contributed by atoms with van der Waals surface area (Å²) in [4.78, 5) is 26.4. The van der Waals surface area contributed by atoms with E-state index in [9.17, 15) is 14.7 Å². The van der Waals surface area contributed by atoms with Gasteiger partial charge in [-0.15, -0.1) is 0 Å². The molecule has 1 heterocycles. The number of phenols is 1. The van der Waals surface area contributed by atoms with Crippen LogP contribution >= 0.6 is 0 Å². The Labute approximate surface area is 121 Å². The normalized spacial score (nSPS) is 32.9. The summed E-state index contributed by atoms with van der Waals surface area (Å²) in [5.41, 5.74) is 0.414. The number of ether oxygens (including phenoxy) is 1. The Bertz CT molecular complexity index is 651. The Morgan fingerprint density at radius 1 is 1.14 bits per heavy atom. The summed E-state index contributed by atoms with van der Waals surface area (Å²) in [6.07, 6.45) is 5.03. The van der Waals surface area contributed by atoms with Gasteiger partial charge in [-0.1, -0.05) is 12.2 Å². The second-order valence-electron chi connectivity index (χ2n) is 5.87. The first-order valence-corrected chi connectivity index (χ1v) is 7.05. The Balaban J connectivity index is 1.72. The van der Waals surface area contributed by atoms with Gasteiger partial charge in [0.25, 0.3) is 0 Å². The molecule has 1 N–H and O–H groups in total. The molecule has 2 amide bonds. The number of methoxy groups -OCH3 is 1. The van der Waals surface area contributed by atoms with Crippen molar-refractivity contribution < 1.29 is 19.4 Å². The molecule has 4 atom stereocenters. The fourth-order valence-corrected chi connectivity index (χ4v) is 3.97. The quantitative estimate of drug-likeness (QED) is 0.663. The summed E-state index contributed by atoms with van der Waals surface area (Å²) in [7, 11) is 1.45. The molecular formula is C16H15NO4. The first-order chi connectivity index (χ1) is 10.1. The first kappa shape index (κ1) is 12.4. The predicted octanol–water partition coefficient (Wildman–Crippen LogP) is 1.71. The number of imide groups is 1. The van der Waals surface area contributed by atoms with Crippen LogP contribution in [-0.4, -0.2) is 24.0 Å². The largest absolute Gasteiger partial charge is 0.504 e. The van der Waals surface area contributed by atoms with Crippen LogP contribution in [0, 0.1) is 23.7 Å². The van der Waals surface area contributed by atoms with Crippen LogP contribution in [0.4, 0.5) is 5.69 Å². The number of fused-ring (bicyclic) bond motifs is 5. The minimum atomic E-state index is -0.225. The molecule has 0 radical (unpaired) electrons. The average molecular weight is 285 g/mol. The average Bonchev–Trinajstić information content (AvgIpc) is 3.13. The highest BCUT2D eigenvalue weighted by Gasteiger charge is 2.59. The summed E-state index contributed by atoms with van der Waals surface area (Å²) in [5, 5.41) is 9.86. The van der Waals surface area contributed by atoms with Crippen LogP contribution in [-0.2, 0) is 9.59 Å². The van der Waals surface area contributed by atoms with Gasteiger partial charge in [0.15, 0.2) is 11.5 Å². The van der Waals surface area contributed by atoms with Crippen LogP contribution in [0.3, 0.4) is 0 Å². The second kappa shape index (κ2) is 4.10. The molecule has 0 spiro atoms. The van der Waals surface area contributed by atoms with Crippen LogP contribution in [0.5, 0.6) is 11.5 Å². The maximum absolute atomic E-state index is 12.6. The Hall–Kier alpha value is -2.30. The predicted molar refractivity (Wildman–Crippen MR) is 74.9 cm³/mol. The molecule has 1 saturated heterocycles. The maximum atomic E-state index is 12.6. The zero-order chi connectivity index (χ0) is 14.7. The van der Waals surface area contributed by atoms with Crippen molar-refractivity contribution in [1.82, 2.24) is 0 Å². The maximum Gasteiger partial charge on any atom is 0.238 e. The van der Waals surface area contributed by atoms with Gasteiger partial charge in [-0.2, -0.15) is 0 Å². The number of phenolic OH excluding ortho intramolecular Hbond substituents is 1. The van der Waals surface area contributed by atoms with Crippen molar-refractivity contribution in [2.45, 2.75) is 6.42 Å². The lowest BCUT2D eigenvalue weighted by Crippen LogP contribution is -2.32. The molecule has 2 bridgehead atoms. The van der Waals surface area contributed by atoms with E-state index in [0.717, 1.165) is 6.42 Å². The first-order valence-electron chi connectivity index (χ1n) is 7.05. The smallest absolute Gasteiger partial charge is 0.238 e. The van der Waals surface area contributed by atoms with Crippen molar-refractivity contribution in [2.75, 3.05) is 12.0 Å². The highest BCUT2D eigenvalue weighted by Crippen LogP contribution is 2.53. The van der Waals surface area contributed by atoms with Crippen LogP contribution in [0.2, 0.25) is 0 Å². The molecular weight excluding hydrogens is 270 g/mol. The number of carbonyl (C=O) groups is 2. The van der Waals surface area contributed by atoms with Gasteiger partial charge in [0.05, 0.1) is 24.6 Å². The molecule has 1 saturated carbocycles. The van der Waals surface area contributed by atoms with Crippen molar-refractivity contribution >= 4 is 17.5 Å². The van der Waals surface area contributed by atoms with Gasteiger partial charge in [0.2, 0.25) is 11.8 Å². The van der Waals surface area contributed by atoms with Crippen molar-refractivity contribution in [1.29, 1.82) is 0 Å². The number of hydrogen-bond acceptors (Lipinski definition) is 4. The molecule has 2 fully saturated rings. The number of anilines is 1. The van der Waals surface area contributed by atoms with E-state index in [1.165, 1.54) is 18.1 Å². The number of aromatic hydroxyl groups is 1. The fourth-order valence-electron chi connectivity index (χ4n) is 3.97. The van der Waals surface area contributed by atoms with E-state index >= 15 is 0 Å². The highest BCUT2D eigenvalue weighted by molar-refractivity contribution is 6.22. The van der Waals surface area contributed by atoms with Gasteiger partial charge >= 0.3 is 0 Å².